The van der Waals surface area contributed by atoms with Gasteiger partial charge in [-0.05, 0) is 55.0 Å². The maximum Gasteiger partial charge on any atom is 0.220 e. The fourth-order valence-corrected chi connectivity index (χ4v) is 6.43. The van der Waals surface area contributed by atoms with Crippen molar-refractivity contribution >= 4 is 26.9 Å². The summed E-state index contributed by atoms with van der Waals surface area (Å²) in [4.78, 5) is 14.1. The standard InChI is InChI=1S/C21H25N5O2S/c1-15-4-2-9-23-21(15)25-13-17(14-25)29(27,28)26-10-6-16(7-11-26)19-12-24-20-18(19)5-3-8-22-20/h2-5,8-9,12,16-17H,6-7,10-11,13-14H2,1H3,(H,22,24). The average molecular weight is 412 g/mol. The summed E-state index contributed by atoms with van der Waals surface area (Å²) in [6.45, 7) is 4.22. The number of hydrogen-bond acceptors (Lipinski definition) is 5. The predicted molar refractivity (Wildman–Crippen MR) is 114 cm³/mol. The minimum absolute atomic E-state index is 0.335. The van der Waals surface area contributed by atoms with Crippen LogP contribution in [0.5, 0.6) is 0 Å². The lowest BCUT2D eigenvalue weighted by Gasteiger charge is -2.43. The third-order valence-corrected chi connectivity index (χ3v) is 8.51. The number of piperidine rings is 1. The SMILES string of the molecule is Cc1cccnc1N1CC(S(=O)(=O)N2CCC(c3c[nH]c4ncccc34)CC2)C1. The largest absolute Gasteiger partial charge is 0.354 e. The molecule has 5 rings (SSSR count). The summed E-state index contributed by atoms with van der Waals surface area (Å²) in [5.41, 5.74) is 3.24. The molecule has 7 nitrogen and oxygen atoms in total. The Kier molecular flexibility index (Phi) is 4.55. The van der Waals surface area contributed by atoms with Crippen molar-refractivity contribution in [1.82, 2.24) is 19.3 Å². The van der Waals surface area contributed by atoms with E-state index in [1.165, 1.54) is 5.56 Å². The summed E-state index contributed by atoms with van der Waals surface area (Å²) in [7, 11) is -3.27. The summed E-state index contributed by atoms with van der Waals surface area (Å²) in [5, 5.41) is 0.812. The highest BCUT2D eigenvalue weighted by Gasteiger charge is 2.42. The first-order valence-corrected chi connectivity index (χ1v) is 11.6. The van der Waals surface area contributed by atoms with Gasteiger partial charge in [0.15, 0.2) is 0 Å². The van der Waals surface area contributed by atoms with E-state index in [9.17, 15) is 8.42 Å². The van der Waals surface area contributed by atoms with E-state index in [0.29, 0.717) is 32.1 Å². The summed E-state index contributed by atoms with van der Waals surface area (Å²) >= 11 is 0. The molecule has 2 aliphatic heterocycles. The predicted octanol–water partition coefficient (Wildman–Crippen LogP) is 2.66. The molecule has 0 radical (unpaired) electrons. The molecule has 3 aromatic rings. The van der Waals surface area contributed by atoms with Crippen LogP contribution in [0.2, 0.25) is 0 Å². The van der Waals surface area contributed by atoms with Crippen molar-refractivity contribution in [3.05, 3.63) is 54.0 Å². The Morgan fingerprint density at radius 2 is 1.79 bits per heavy atom. The van der Waals surface area contributed by atoms with E-state index >= 15 is 0 Å². The second-order valence-electron chi connectivity index (χ2n) is 8.03. The molecule has 1 N–H and O–H groups in total. The van der Waals surface area contributed by atoms with Gasteiger partial charge in [-0.1, -0.05) is 6.07 Å². The molecule has 0 saturated carbocycles. The van der Waals surface area contributed by atoms with Gasteiger partial charge in [-0.2, -0.15) is 0 Å². The molecule has 0 aromatic carbocycles. The van der Waals surface area contributed by atoms with Crippen LogP contribution in [0, 0.1) is 6.92 Å². The van der Waals surface area contributed by atoms with Crippen LogP contribution in [0.4, 0.5) is 5.82 Å². The number of rotatable bonds is 4. The zero-order valence-electron chi connectivity index (χ0n) is 16.5. The average Bonchev–Trinajstić information content (AvgIpc) is 3.12. The normalized spacial score (nSPS) is 19.6. The summed E-state index contributed by atoms with van der Waals surface area (Å²) in [5.74, 6) is 1.26. The Labute approximate surface area is 170 Å². The van der Waals surface area contributed by atoms with E-state index in [1.807, 2.05) is 31.3 Å². The molecule has 0 bridgehead atoms. The lowest BCUT2D eigenvalue weighted by atomic mass is 9.90. The van der Waals surface area contributed by atoms with Crippen LogP contribution in [0.15, 0.2) is 42.9 Å². The molecule has 29 heavy (non-hydrogen) atoms. The molecule has 2 fully saturated rings. The topological polar surface area (TPSA) is 82.2 Å². The van der Waals surface area contributed by atoms with Crippen molar-refractivity contribution in [2.24, 2.45) is 0 Å². The van der Waals surface area contributed by atoms with Crippen LogP contribution in [0.1, 0.15) is 29.9 Å². The van der Waals surface area contributed by atoms with Crippen molar-refractivity contribution < 1.29 is 8.42 Å². The number of nitrogens with one attached hydrogen (secondary N) is 1. The first-order chi connectivity index (χ1) is 14.0. The summed E-state index contributed by atoms with van der Waals surface area (Å²) in [6.07, 6.45) is 7.26. The first kappa shape index (κ1) is 18.6. The Morgan fingerprint density at radius 1 is 1.07 bits per heavy atom. The van der Waals surface area contributed by atoms with Crippen LogP contribution in [-0.4, -0.2) is 59.1 Å². The number of hydrogen-bond donors (Lipinski definition) is 1. The maximum absolute atomic E-state index is 13.1. The number of aromatic amines is 1. The van der Waals surface area contributed by atoms with E-state index in [0.717, 1.165) is 35.3 Å². The summed E-state index contributed by atoms with van der Waals surface area (Å²) in [6, 6.07) is 7.95. The number of H-pyrrole nitrogens is 1. The molecule has 8 heteroatoms. The lowest BCUT2D eigenvalue weighted by molar-refractivity contribution is 0.313. The molecular formula is C21H25N5O2S. The molecular weight excluding hydrogens is 386 g/mol. The molecule has 2 saturated heterocycles. The maximum atomic E-state index is 13.1. The van der Waals surface area contributed by atoms with Gasteiger partial charge in [0.25, 0.3) is 0 Å². The van der Waals surface area contributed by atoms with Gasteiger partial charge in [-0.15, -0.1) is 0 Å². The second kappa shape index (κ2) is 7.11. The van der Waals surface area contributed by atoms with E-state index in [4.69, 9.17) is 0 Å². The van der Waals surface area contributed by atoms with Crippen LogP contribution in [0.25, 0.3) is 11.0 Å². The van der Waals surface area contributed by atoms with E-state index in [-0.39, 0.29) is 5.25 Å². The molecule has 0 unspecified atom stereocenters. The van der Waals surface area contributed by atoms with Gasteiger partial charge in [0, 0.05) is 50.2 Å². The molecule has 3 aromatic heterocycles. The van der Waals surface area contributed by atoms with Gasteiger partial charge in [-0.3, -0.25) is 0 Å². The third kappa shape index (κ3) is 3.20. The van der Waals surface area contributed by atoms with Gasteiger partial charge < -0.3 is 9.88 Å². The minimum atomic E-state index is -3.27. The molecule has 0 spiro atoms. The van der Waals surface area contributed by atoms with E-state index < -0.39 is 10.0 Å². The number of aryl methyl sites for hydroxylation is 1. The highest BCUT2D eigenvalue weighted by Crippen LogP contribution is 2.35. The quantitative estimate of drug-likeness (QED) is 0.714. The Balaban J connectivity index is 1.23. The molecule has 2 aliphatic rings. The van der Waals surface area contributed by atoms with Crippen molar-refractivity contribution in [2.75, 3.05) is 31.1 Å². The second-order valence-corrected chi connectivity index (χ2v) is 10.2. The van der Waals surface area contributed by atoms with Gasteiger partial charge >= 0.3 is 0 Å². The van der Waals surface area contributed by atoms with Crippen molar-refractivity contribution in [3.8, 4) is 0 Å². The lowest BCUT2D eigenvalue weighted by Crippen LogP contribution is -2.59. The molecule has 0 aliphatic carbocycles. The van der Waals surface area contributed by atoms with Crippen LogP contribution >= 0.6 is 0 Å². The Morgan fingerprint density at radius 3 is 2.55 bits per heavy atom. The van der Waals surface area contributed by atoms with Crippen LogP contribution < -0.4 is 4.90 Å². The molecule has 0 atom stereocenters. The number of sulfonamides is 1. The van der Waals surface area contributed by atoms with Gasteiger partial charge in [-0.25, -0.2) is 22.7 Å². The van der Waals surface area contributed by atoms with E-state index in [2.05, 4.69) is 25.9 Å². The molecule has 0 amide bonds. The number of pyridine rings is 2. The zero-order chi connectivity index (χ0) is 20.0. The fraction of sp³-hybridized carbons (Fsp3) is 0.429. The monoisotopic (exact) mass is 411 g/mol. The molecule has 152 valence electrons. The zero-order valence-corrected chi connectivity index (χ0v) is 17.3. The fourth-order valence-electron chi connectivity index (χ4n) is 4.55. The van der Waals surface area contributed by atoms with Gasteiger partial charge in [0.2, 0.25) is 10.0 Å². The van der Waals surface area contributed by atoms with Gasteiger partial charge in [0.1, 0.15) is 16.7 Å². The first-order valence-electron chi connectivity index (χ1n) is 10.1. The van der Waals surface area contributed by atoms with Gasteiger partial charge in [0.05, 0.1) is 0 Å². The van der Waals surface area contributed by atoms with E-state index in [1.54, 1.807) is 16.7 Å². The Hall–Kier alpha value is -2.45. The third-order valence-electron chi connectivity index (χ3n) is 6.29. The van der Waals surface area contributed by atoms with Crippen LogP contribution in [0.3, 0.4) is 0 Å². The number of fused-ring (bicyclic) bond motifs is 1. The minimum Gasteiger partial charge on any atom is -0.354 e. The number of anilines is 1. The smallest absolute Gasteiger partial charge is 0.220 e. The molecule has 5 heterocycles. The Bertz CT molecular complexity index is 1130. The highest BCUT2D eigenvalue weighted by molar-refractivity contribution is 7.89. The van der Waals surface area contributed by atoms with Crippen molar-refractivity contribution in [1.29, 1.82) is 0 Å². The number of aromatic nitrogens is 3. The summed E-state index contributed by atoms with van der Waals surface area (Å²) < 4.78 is 27.9. The van der Waals surface area contributed by atoms with Crippen molar-refractivity contribution in [3.63, 3.8) is 0 Å². The van der Waals surface area contributed by atoms with Crippen molar-refractivity contribution in [2.45, 2.75) is 30.9 Å². The highest BCUT2D eigenvalue weighted by atomic mass is 32.2. The van der Waals surface area contributed by atoms with Crippen LogP contribution in [-0.2, 0) is 10.0 Å². The number of nitrogens with zero attached hydrogens (tertiary/aromatic N) is 4.